The third kappa shape index (κ3) is 3.64. The van der Waals surface area contributed by atoms with E-state index in [-0.39, 0.29) is 11.4 Å². The van der Waals surface area contributed by atoms with Crippen molar-refractivity contribution in [3.8, 4) is 5.69 Å². The maximum Gasteiger partial charge on any atom is 0.283 e. The molecule has 0 aliphatic carbocycles. The second-order valence-electron chi connectivity index (χ2n) is 6.91. The van der Waals surface area contributed by atoms with Crippen molar-refractivity contribution in [2.24, 2.45) is 10.1 Å². The van der Waals surface area contributed by atoms with E-state index in [2.05, 4.69) is 14.7 Å². The summed E-state index contributed by atoms with van der Waals surface area (Å²) >= 11 is 9.01. The number of carbonyl (C=O) groups excluding carboxylic acids is 1. The number of thioether (sulfide) groups is 2. The first-order valence-corrected chi connectivity index (χ1v) is 11.6. The van der Waals surface area contributed by atoms with E-state index >= 15 is 0 Å². The molecular weight excluding hydrogens is 438 g/mol. The number of rotatable bonds is 3. The molecule has 4 rings (SSSR count). The number of nitrogens with one attached hydrogen (secondary N) is 1. The lowest BCUT2D eigenvalue weighted by Crippen LogP contribution is -2.35. The number of halogens is 1. The molecule has 0 saturated carbocycles. The Morgan fingerprint density at radius 1 is 1.27 bits per heavy atom. The fourth-order valence-corrected chi connectivity index (χ4v) is 5.54. The largest absolute Gasteiger partial charge is 0.318 e. The summed E-state index contributed by atoms with van der Waals surface area (Å²) in [6.45, 7) is 8.07. The second-order valence-corrected chi connectivity index (χ2v) is 9.82. The first-order valence-electron chi connectivity index (χ1n) is 9.38. The number of fused-ring (bicyclic) bond motifs is 1. The molecule has 0 unspecified atom stereocenters. The van der Waals surface area contributed by atoms with Gasteiger partial charge in [-0.2, -0.15) is 10.0 Å². The van der Waals surface area contributed by atoms with Gasteiger partial charge in [0.15, 0.2) is 10.2 Å². The lowest BCUT2D eigenvalue weighted by atomic mass is 10.1. The number of aromatic nitrogens is 1. The minimum Gasteiger partial charge on any atom is -0.318 e. The maximum absolute atomic E-state index is 12.7. The Morgan fingerprint density at radius 3 is 2.73 bits per heavy atom. The van der Waals surface area contributed by atoms with Gasteiger partial charge in [-0.05, 0) is 79.8 Å². The maximum atomic E-state index is 12.7. The average molecular weight is 458 g/mol. The van der Waals surface area contributed by atoms with Crippen molar-refractivity contribution in [3.05, 3.63) is 57.4 Å². The molecule has 0 spiro atoms. The van der Waals surface area contributed by atoms with Gasteiger partial charge >= 0.3 is 0 Å². The summed E-state index contributed by atoms with van der Waals surface area (Å²) in [6, 6.07) is 7.80. The third-order valence-corrected chi connectivity index (χ3v) is 7.03. The monoisotopic (exact) mass is 457 g/mol. The summed E-state index contributed by atoms with van der Waals surface area (Å²) in [5.74, 6) is 0.508. The van der Waals surface area contributed by atoms with Gasteiger partial charge in [0, 0.05) is 22.1 Å². The predicted molar refractivity (Wildman–Crippen MR) is 128 cm³/mol. The van der Waals surface area contributed by atoms with Crippen LogP contribution in [0.3, 0.4) is 0 Å². The smallest absolute Gasteiger partial charge is 0.283 e. The molecule has 30 heavy (non-hydrogen) atoms. The van der Waals surface area contributed by atoms with Crippen LogP contribution in [0.25, 0.3) is 11.8 Å². The van der Waals surface area contributed by atoms with E-state index in [1.165, 1.54) is 16.8 Å². The number of hydrazone groups is 1. The van der Waals surface area contributed by atoms with Crippen molar-refractivity contribution >= 4 is 62.5 Å². The van der Waals surface area contributed by atoms with E-state index in [1.54, 1.807) is 17.8 Å². The number of hydrogen-bond acceptors (Lipinski definition) is 5. The van der Waals surface area contributed by atoms with Gasteiger partial charge in [-0.25, -0.2) is 0 Å². The Morgan fingerprint density at radius 2 is 2.03 bits per heavy atom. The molecule has 1 N–H and O–H groups in total. The number of aryl methyl sites for hydroxylation is 2. The molecular formula is C21H20ClN5OS2. The van der Waals surface area contributed by atoms with Crippen LogP contribution in [0.15, 0.2) is 39.9 Å². The summed E-state index contributed by atoms with van der Waals surface area (Å²) in [5.41, 5.74) is 5.20. The standard InChI is InChI=1S/C21H20ClN5OS2/c1-5-29-21-25-27-18(23)16(19(28)24-20(27)30-21)10-14-9-12(3)26(13(14)4)17-7-6-15(22)8-11(17)2/h6-10,23H,5H2,1-4H3/b16-10-,23-18?. The van der Waals surface area contributed by atoms with E-state index in [0.717, 1.165) is 38.3 Å². The molecule has 9 heteroatoms. The van der Waals surface area contributed by atoms with E-state index in [0.29, 0.717) is 10.2 Å². The molecule has 1 aromatic carbocycles. The molecule has 0 atom stereocenters. The zero-order valence-corrected chi connectivity index (χ0v) is 19.4. The molecule has 3 heterocycles. The molecule has 0 bridgehead atoms. The van der Waals surface area contributed by atoms with Crippen LogP contribution in [0.2, 0.25) is 5.02 Å². The van der Waals surface area contributed by atoms with Gasteiger partial charge in [-0.1, -0.05) is 30.3 Å². The van der Waals surface area contributed by atoms with Crippen molar-refractivity contribution in [3.63, 3.8) is 0 Å². The molecule has 2 aliphatic heterocycles. The van der Waals surface area contributed by atoms with Gasteiger partial charge in [0.25, 0.3) is 5.91 Å². The van der Waals surface area contributed by atoms with Crippen LogP contribution in [0, 0.1) is 26.2 Å². The highest BCUT2D eigenvalue weighted by atomic mass is 35.5. The number of amides is 1. The van der Waals surface area contributed by atoms with Gasteiger partial charge in [0.2, 0.25) is 5.17 Å². The average Bonchev–Trinajstić information content (AvgIpc) is 3.20. The number of amidine groups is 2. The van der Waals surface area contributed by atoms with Crippen molar-refractivity contribution in [1.29, 1.82) is 5.41 Å². The lowest BCUT2D eigenvalue weighted by molar-refractivity contribution is -0.114. The molecule has 0 radical (unpaired) electrons. The summed E-state index contributed by atoms with van der Waals surface area (Å²) < 4.78 is 2.93. The third-order valence-electron chi connectivity index (χ3n) is 4.87. The van der Waals surface area contributed by atoms with E-state index in [9.17, 15) is 4.79 Å². The lowest BCUT2D eigenvalue weighted by Gasteiger charge is -2.20. The second kappa shape index (κ2) is 8.09. The van der Waals surface area contributed by atoms with Crippen molar-refractivity contribution in [1.82, 2.24) is 9.58 Å². The minimum atomic E-state index is -0.413. The predicted octanol–water partition coefficient (Wildman–Crippen LogP) is 5.39. The van der Waals surface area contributed by atoms with Gasteiger partial charge in [0.05, 0.1) is 5.57 Å². The normalized spacial score (nSPS) is 17.5. The van der Waals surface area contributed by atoms with Gasteiger partial charge in [-0.3, -0.25) is 10.2 Å². The highest BCUT2D eigenvalue weighted by Gasteiger charge is 2.35. The zero-order valence-electron chi connectivity index (χ0n) is 17.0. The minimum absolute atomic E-state index is 0.0525. The fourth-order valence-electron chi connectivity index (χ4n) is 3.49. The Labute approximate surface area is 188 Å². The van der Waals surface area contributed by atoms with Crippen LogP contribution in [0.1, 0.15) is 29.4 Å². The molecule has 6 nitrogen and oxygen atoms in total. The Kier molecular flexibility index (Phi) is 5.65. The van der Waals surface area contributed by atoms with Gasteiger partial charge < -0.3 is 4.57 Å². The number of carbonyl (C=O) groups is 1. The van der Waals surface area contributed by atoms with Crippen LogP contribution < -0.4 is 0 Å². The molecule has 2 aromatic rings. The Hall–Kier alpha value is -2.29. The summed E-state index contributed by atoms with van der Waals surface area (Å²) in [4.78, 5) is 16.8. The Balaban J connectivity index is 1.74. The van der Waals surface area contributed by atoms with Crippen LogP contribution >= 0.6 is 35.1 Å². The van der Waals surface area contributed by atoms with Crippen LogP contribution in [0.4, 0.5) is 0 Å². The number of aliphatic imine (C=N–C) groups is 1. The quantitative estimate of drug-likeness (QED) is 0.627. The zero-order chi connectivity index (χ0) is 21.6. The van der Waals surface area contributed by atoms with Gasteiger partial charge in [-0.15, -0.1) is 5.10 Å². The first kappa shape index (κ1) is 21.0. The number of hydrogen-bond donors (Lipinski definition) is 1. The molecule has 1 amide bonds. The van der Waals surface area contributed by atoms with Crippen molar-refractivity contribution < 1.29 is 4.79 Å². The highest BCUT2D eigenvalue weighted by Crippen LogP contribution is 2.33. The van der Waals surface area contributed by atoms with Gasteiger partial charge in [0.1, 0.15) is 0 Å². The van der Waals surface area contributed by atoms with Crippen LogP contribution in [-0.2, 0) is 4.79 Å². The molecule has 1 aromatic heterocycles. The molecule has 2 aliphatic rings. The van der Waals surface area contributed by atoms with Crippen molar-refractivity contribution in [2.45, 2.75) is 27.7 Å². The van der Waals surface area contributed by atoms with Crippen molar-refractivity contribution in [2.75, 3.05) is 5.75 Å². The first-order chi connectivity index (χ1) is 14.3. The fraction of sp³-hybridized carbons (Fsp3) is 0.238. The summed E-state index contributed by atoms with van der Waals surface area (Å²) in [5, 5.41) is 15.5. The number of nitrogens with zero attached hydrogens (tertiary/aromatic N) is 4. The molecule has 0 fully saturated rings. The van der Waals surface area contributed by atoms with Crippen LogP contribution in [-0.4, -0.2) is 36.6 Å². The highest BCUT2D eigenvalue weighted by molar-refractivity contribution is 8.45. The SMILES string of the molecule is CCSC1=NN2C(=N)/C(=C/c3cc(C)n(-c4ccc(Cl)cc4C)c3C)C(=O)N=C2S1. The summed E-state index contributed by atoms with van der Waals surface area (Å²) in [7, 11) is 0. The van der Waals surface area contributed by atoms with Crippen LogP contribution in [0.5, 0.6) is 0 Å². The Bertz CT molecular complexity index is 1180. The summed E-state index contributed by atoms with van der Waals surface area (Å²) in [6.07, 6.45) is 1.74. The molecule has 154 valence electrons. The van der Waals surface area contributed by atoms with E-state index in [4.69, 9.17) is 17.0 Å². The topological polar surface area (TPSA) is 73.8 Å². The van der Waals surface area contributed by atoms with E-state index in [1.807, 2.05) is 52.0 Å². The van der Waals surface area contributed by atoms with E-state index < -0.39 is 5.91 Å². The molecule has 0 saturated heterocycles. The number of benzene rings is 1.